The van der Waals surface area contributed by atoms with E-state index >= 15 is 0 Å². The van der Waals surface area contributed by atoms with E-state index in [0.717, 1.165) is 18.4 Å². The third-order valence-corrected chi connectivity index (χ3v) is 4.64. The summed E-state index contributed by atoms with van der Waals surface area (Å²) in [7, 11) is 0. The zero-order valence-electron chi connectivity index (χ0n) is 14.7. The van der Waals surface area contributed by atoms with Crippen LogP contribution in [0.15, 0.2) is 48.5 Å². The number of carbonyl (C=O) groups is 1. The Kier molecular flexibility index (Phi) is 6.36. The van der Waals surface area contributed by atoms with Gasteiger partial charge in [-0.05, 0) is 48.2 Å². The molecule has 1 atom stereocenters. The van der Waals surface area contributed by atoms with Crippen molar-refractivity contribution in [1.82, 2.24) is 0 Å². The van der Waals surface area contributed by atoms with Crippen molar-refractivity contribution in [3.8, 4) is 0 Å². The summed E-state index contributed by atoms with van der Waals surface area (Å²) in [5, 5.41) is 12.8. The molecule has 2 aromatic carbocycles. The van der Waals surface area contributed by atoms with Gasteiger partial charge in [-0.2, -0.15) is 0 Å². The topological polar surface area (TPSA) is 58.6 Å². The van der Waals surface area contributed by atoms with Crippen molar-refractivity contribution in [2.45, 2.75) is 50.9 Å². The molecular formula is C21H24FNO3. The predicted molar refractivity (Wildman–Crippen MR) is 98.1 cm³/mol. The van der Waals surface area contributed by atoms with E-state index in [-0.39, 0.29) is 12.3 Å². The van der Waals surface area contributed by atoms with E-state index in [1.165, 1.54) is 31.0 Å². The van der Waals surface area contributed by atoms with Crippen LogP contribution in [0.1, 0.15) is 49.3 Å². The van der Waals surface area contributed by atoms with Gasteiger partial charge in [0, 0.05) is 5.69 Å². The maximum atomic E-state index is 13.2. The lowest BCUT2D eigenvalue weighted by Gasteiger charge is -2.13. The lowest BCUT2D eigenvalue weighted by atomic mass is 10.1. The molecule has 3 rings (SSSR count). The van der Waals surface area contributed by atoms with E-state index < -0.39 is 11.9 Å². The van der Waals surface area contributed by atoms with Crippen molar-refractivity contribution < 1.29 is 19.0 Å². The molecule has 0 bridgehead atoms. The van der Waals surface area contributed by atoms with Crippen molar-refractivity contribution in [1.29, 1.82) is 0 Å². The Morgan fingerprint density at radius 2 is 1.92 bits per heavy atom. The Balaban J connectivity index is 1.47. The fourth-order valence-corrected chi connectivity index (χ4v) is 3.17. The van der Waals surface area contributed by atoms with Gasteiger partial charge in [0.2, 0.25) is 5.91 Å². The van der Waals surface area contributed by atoms with Gasteiger partial charge in [0.25, 0.3) is 0 Å². The van der Waals surface area contributed by atoms with Gasteiger partial charge in [-0.25, -0.2) is 4.39 Å². The Bertz CT molecular complexity index is 726. The third kappa shape index (κ3) is 5.38. The van der Waals surface area contributed by atoms with E-state index in [4.69, 9.17) is 4.74 Å². The second-order valence-electron chi connectivity index (χ2n) is 6.74. The number of anilines is 1. The molecule has 1 saturated carbocycles. The molecule has 5 heteroatoms. The van der Waals surface area contributed by atoms with E-state index in [0.29, 0.717) is 24.0 Å². The number of benzene rings is 2. The monoisotopic (exact) mass is 357 g/mol. The molecule has 0 heterocycles. The first-order chi connectivity index (χ1) is 12.6. The second-order valence-corrected chi connectivity index (χ2v) is 6.74. The largest absolute Gasteiger partial charge is 0.388 e. The van der Waals surface area contributed by atoms with Crippen LogP contribution in [-0.2, 0) is 16.1 Å². The van der Waals surface area contributed by atoms with Gasteiger partial charge in [0.15, 0.2) is 0 Å². The molecule has 0 aliphatic heterocycles. The quantitative estimate of drug-likeness (QED) is 0.775. The minimum Gasteiger partial charge on any atom is -0.388 e. The molecule has 26 heavy (non-hydrogen) atoms. The summed E-state index contributed by atoms with van der Waals surface area (Å²) in [4.78, 5) is 12.1. The zero-order valence-corrected chi connectivity index (χ0v) is 14.7. The fraction of sp³-hybridized carbons (Fsp3) is 0.381. The van der Waals surface area contributed by atoms with E-state index in [2.05, 4.69) is 5.32 Å². The van der Waals surface area contributed by atoms with Crippen LogP contribution in [0.2, 0.25) is 0 Å². The van der Waals surface area contributed by atoms with Crippen LogP contribution < -0.4 is 5.32 Å². The maximum absolute atomic E-state index is 13.2. The summed E-state index contributed by atoms with van der Waals surface area (Å²) in [5.41, 5.74) is 2.11. The standard InChI is InChI=1S/C21H24FNO3/c22-17-5-3-4-16(12-17)20(24)13-21(25)23-18-10-8-15(9-11-18)14-26-19-6-1-2-7-19/h3-5,8-12,19-20,24H,1-2,6-7,13-14H2,(H,23,25)/t20-/m0/s1. The van der Waals surface area contributed by atoms with Crippen LogP contribution in [0.3, 0.4) is 0 Å². The highest BCUT2D eigenvalue weighted by Gasteiger charge is 2.16. The summed E-state index contributed by atoms with van der Waals surface area (Å²) in [5.74, 6) is -0.755. The number of halogens is 1. The van der Waals surface area contributed by atoms with Gasteiger partial charge in [-0.1, -0.05) is 37.1 Å². The minimum absolute atomic E-state index is 0.129. The molecule has 1 amide bonds. The molecule has 0 radical (unpaired) electrons. The molecule has 2 N–H and O–H groups in total. The Hall–Kier alpha value is -2.24. The van der Waals surface area contributed by atoms with Gasteiger partial charge in [-0.15, -0.1) is 0 Å². The first kappa shape index (κ1) is 18.5. The van der Waals surface area contributed by atoms with Crippen LogP contribution in [0.4, 0.5) is 10.1 Å². The second kappa shape index (κ2) is 8.92. The number of carbonyl (C=O) groups excluding carboxylic acids is 1. The predicted octanol–water partition coefficient (Wildman–Crippen LogP) is 4.35. The highest BCUT2D eigenvalue weighted by Crippen LogP contribution is 2.23. The summed E-state index contributed by atoms with van der Waals surface area (Å²) in [6.45, 7) is 0.581. The molecule has 1 fully saturated rings. The highest BCUT2D eigenvalue weighted by molar-refractivity contribution is 5.91. The number of ether oxygens (including phenoxy) is 1. The minimum atomic E-state index is -1.04. The average molecular weight is 357 g/mol. The smallest absolute Gasteiger partial charge is 0.227 e. The lowest BCUT2D eigenvalue weighted by Crippen LogP contribution is -2.15. The zero-order chi connectivity index (χ0) is 18.4. The maximum Gasteiger partial charge on any atom is 0.227 e. The number of aliphatic hydroxyl groups excluding tert-OH is 1. The van der Waals surface area contributed by atoms with Crippen LogP contribution in [0.5, 0.6) is 0 Å². The number of aliphatic hydroxyl groups is 1. The SMILES string of the molecule is O=C(C[C@H](O)c1cccc(F)c1)Nc1ccc(COC2CCCC2)cc1. The van der Waals surface area contributed by atoms with Crippen LogP contribution in [0.25, 0.3) is 0 Å². The van der Waals surface area contributed by atoms with Crippen molar-refractivity contribution in [3.63, 3.8) is 0 Å². The number of hydrogen-bond donors (Lipinski definition) is 2. The average Bonchev–Trinajstić information content (AvgIpc) is 3.14. The number of nitrogens with one attached hydrogen (secondary N) is 1. The Morgan fingerprint density at radius 1 is 1.19 bits per heavy atom. The van der Waals surface area contributed by atoms with Gasteiger partial charge in [-0.3, -0.25) is 4.79 Å². The van der Waals surface area contributed by atoms with Crippen molar-refractivity contribution in [3.05, 3.63) is 65.5 Å². The van der Waals surface area contributed by atoms with Crippen molar-refractivity contribution in [2.75, 3.05) is 5.32 Å². The highest BCUT2D eigenvalue weighted by atomic mass is 19.1. The van der Waals surface area contributed by atoms with Crippen LogP contribution in [-0.4, -0.2) is 17.1 Å². The number of amides is 1. The Morgan fingerprint density at radius 3 is 2.62 bits per heavy atom. The Labute approximate surface area is 153 Å². The molecule has 1 aliphatic rings. The number of rotatable bonds is 7. The summed E-state index contributed by atoms with van der Waals surface area (Å²) in [6.07, 6.45) is 3.98. The molecule has 0 aromatic heterocycles. The molecule has 2 aromatic rings. The van der Waals surface area contributed by atoms with Gasteiger partial charge in [0.05, 0.1) is 25.2 Å². The molecule has 4 nitrogen and oxygen atoms in total. The molecule has 0 unspecified atom stereocenters. The molecule has 0 spiro atoms. The lowest BCUT2D eigenvalue weighted by molar-refractivity contribution is -0.118. The van der Waals surface area contributed by atoms with Crippen LogP contribution in [0, 0.1) is 5.82 Å². The van der Waals surface area contributed by atoms with E-state index in [9.17, 15) is 14.3 Å². The fourth-order valence-electron chi connectivity index (χ4n) is 3.17. The summed E-state index contributed by atoms with van der Waals surface area (Å²) >= 11 is 0. The van der Waals surface area contributed by atoms with Gasteiger partial charge < -0.3 is 15.2 Å². The summed E-state index contributed by atoms with van der Waals surface area (Å²) in [6, 6.07) is 13.1. The molecular weight excluding hydrogens is 333 g/mol. The van der Waals surface area contributed by atoms with Crippen LogP contribution >= 0.6 is 0 Å². The molecule has 1 aliphatic carbocycles. The number of hydrogen-bond acceptors (Lipinski definition) is 3. The van der Waals surface area contributed by atoms with Gasteiger partial charge in [0.1, 0.15) is 5.82 Å². The molecule has 0 saturated heterocycles. The van der Waals surface area contributed by atoms with Crippen molar-refractivity contribution >= 4 is 11.6 Å². The first-order valence-corrected chi connectivity index (χ1v) is 9.04. The first-order valence-electron chi connectivity index (χ1n) is 9.04. The third-order valence-electron chi connectivity index (χ3n) is 4.64. The van der Waals surface area contributed by atoms with E-state index in [1.807, 2.05) is 24.3 Å². The summed E-state index contributed by atoms with van der Waals surface area (Å²) < 4.78 is 19.1. The van der Waals surface area contributed by atoms with E-state index in [1.54, 1.807) is 6.07 Å². The van der Waals surface area contributed by atoms with Gasteiger partial charge >= 0.3 is 0 Å². The normalized spacial score (nSPS) is 15.8. The van der Waals surface area contributed by atoms with Crippen molar-refractivity contribution in [2.24, 2.45) is 0 Å². The molecule has 138 valence electrons.